The topological polar surface area (TPSA) is 93.0 Å². The number of methoxy groups -OCH3 is 1. The van der Waals surface area contributed by atoms with Crippen molar-refractivity contribution in [2.24, 2.45) is 17.0 Å². The van der Waals surface area contributed by atoms with Crippen LogP contribution in [0.4, 0.5) is 4.39 Å². The first-order valence-corrected chi connectivity index (χ1v) is 11.6. The number of allylic oxidation sites excluding steroid dienone is 2. The monoisotopic (exact) mass is 451 g/mol. The second-order valence-electron chi connectivity index (χ2n) is 7.76. The lowest BCUT2D eigenvalue weighted by molar-refractivity contribution is -0.140. The molecule has 1 N–H and O–H groups in total. The van der Waals surface area contributed by atoms with Gasteiger partial charge in [0.05, 0.1) is 13.2 Å². The molecule has 0 spiro atoms. The molecule has 6 nitrogen and oxygen atoms in total. The first-order valence-electron chi connectivity index (χ1n) is 10.6. The minimum Gasteiger partial charge on any atom is -0.469 e. The minimum atomic E-state index is -0.665. The zero-order valence-corrected chi connectivity index (χ0v) is 18.6. The van der Waals surface area contributed by atoms with Crippen LogP contribution in [-0.4, -0.2) is 41.9 Å². The Morgan fingerprint density at radius 2 is 2.16 bits per heavy atom. The molecule has 0 bridgehead atoms. The van der Waals surface area contributed by atoms with Gasteiger partial charge in [0.2, 0.25) is 0 Å². The predicted molar refractivity (Wildman–Crippen MR) is 118 cm³/mol. The number of Topliss-reactive ketones (excluding diaryl/α,β-unsaturated/α-hetero) is 1. The van der Waals surface area contributed by atoms with Crippen LogP contribution in [0.3, 0.4) is 0 Å². The Morgan fingerprint density at radius 1 is 1.39 bits per heavy atom. The van der Waals surface area contributed by atoms with Crippen molar-refractivity contribution in [1.82, 2.24) is 0 Å². The number of hydrogen-bond acceptors (Lipinski definition) is 7. The van der Waals surface area contributed by atoms with Crippen LogP contribution in [-0.2, 0) is 14.3 Å². The van der Waals surface area contributed by atoms with Crippen LogP contribution < -0.4 is 0 Å². The van der Waals surface area contributed by atoms with E-state index in [0.717, 1.165) is 0 Å². The molecule has 1 aliphatic rings. The fourth-order valence-electron chi connectivity index (χ4n) is 3.87. The molecule has 0 radical (unpaired) electrons. The Bertz CT molecular complexity index is 772. The zero-order chi connectivity index (χ0) is 22.6. The lowest BCUT2D eigenvalue weighted by atomic mass is 9.86. The molecule has 1 unspecified atom stereocenters. The smallest absolute Gasteiger partial charge is 0.305 e. The lowest BCUT2D eigenvalue weighted by Gasteiger charge is -2.21. The largest absolute Gasteiger partial charge is 0.469 e. The summed E-state index contributed by atoms with van der Waals surface area (Å²) in [6, 6.07) is 5.86. The third-order valence-electron chi connectivity index (χ3n) is 5.61. The van der Waals surface area contributed by atoms with E-state index in [0.29, 0.717) is 49.2 Å². The summed E-state index contributed by atoms with van der Waals surface area (Å²) in [5.41, 5.74) is 0. The molecule has 2 rings (SSSR count). The third kappa shape index (κ3) is 8.18. The number of aliphatic hydroxyl groups is 1. The highest BCUT2D eigenvalue weighted by atomic mass is 32.2. The fraction of sp³-hybridized carbons (Fsp3) is 0.565. The van der Waals surface area contributed by atoms with Crippen LogP contribution in [0.15, 0.2) is 46.5 Å². The normalized spacial score (nSPS) is 22.0. The van der Waals surface area contributed by atoms with Gasteiger partial charge in [-0.1, -0.05) is 29.5 Å². The fourth-order valence-corrected chi connectivity index (χ4v) is 4.79. The van der Waals surface area contributed by atoms with Crippen molar-refractivity contribution >= 4 is 23.5 Å². The van der Waals surface area contributed by atoms with E-state index in [9.17, 15) is 24.0 Å². The van der Waals surface area contributed by atoms with Crippen LogP contribution in [0.25, 0.3) is 0 Å². The average molecular weight is 452 g/mol. The van der Waals surface area contributed by atoms with Gasteiger partial charge in [-0.15, -0.1) is 11.8 Å². The van der Waals surface area contributed by atoms with Gasteiger partial charge >= 0.3 is 5.97 Å². The lowest BCUT2D eigenvalue weighted by Crippen LogP contribution is -2.22. The van der Waals surface area contributed by atoms with Crippen LogP contribution in [0, 0.1) is 22.6 Å². The van der Waals surface area contributed by atoms with Crippen molar-refractivity contribution in [3.8, 4) is 0 Å². The van der Waals surface area contributed by atoms with E-state index in [1.807, 2.05) is 12.2 Å². The van der Waals surface area contributed by atoms with Gasteiger partial charge in [0.25, 0.3) is 0 Å². The number of esters is 1. The number of carbonyl (C=O) groups excluding carboxylic acids is 2. The van der Waals surface area contributed by atoms with Crippen LogP contribution in [0.2, 0.25) is 0 Å². The van der Waals surface area contributed by atoms with E-state index in [-0.39, 0.29) is 35.8 Å². The van der Waals surface area contributed by atoms with Crippen molar-refractivity contribution in [1.29, 1.82) is 0 Å². The van der Waals surface area contributed by atoms with Gasteiger partial charge in [-0.2, -0.15) is 4.91 Å². The number of thioether (sulfide) groups is 1. The van der Waals surface area contributed by atoms with Gasteiger partial charge in [-0.3, -0.25) is 9.59 Å². The maximum absolute atomic E-state index is 13.7. The van der Waals surface area contributed by atoms with Crippen molar-refractivity contribution in [3.63, 3.8) is 0 Å². The summed E-state index contributed by atoms with van der Waals surface area (Å²) < 4.78 is 18.3. The van der Waals surface area contributed by atoms with Crippen molar-refractivity contribution in [3.05, 3.63) is 47.1 Å². The molecule has 8 heteroatoms. The Balaban J connectivity index is 1.81. The Labute approximate surface area is 186 Å². The summed E-state index contributed by atoms with van der Waals surface area (Å²) in [5, 5.41) is 13.5. The third-order valence-corrected chi connectivity index (χ3v) is 6.80. The summed E-state index contributed by atoms with van der Waals surface area (Å²) in [5.74, 6) is -0.672. The predicted octanol–water partition coefficient (Wildman–Crippen LogP) is 4.69. The first kappa shape index (κ1) is 25.2. The van der Waals surface area contributed by atoms with Gasteiger partial charge in [0.1, 0.15) is 17.6 Å². The summed E-state index contributed by atoms with van der Waals surface area (Å²) in [4.78, 5) is 35.2. The maximum Gasteiger partial charge on any atom is 0.305 e. The molecule has 1 aliphatic carbocycles. The van der Waals surface area contributed by atoms with Crippen molar-refractivity contribution in [2.45, 2.75) is 62.0 Å². The molecule has 0 saturated heterocycles. The minimum absolute atomic E-state index is 0.0315. The second kappa shape index (κ2) is 13.4. The van der Waals surface area contributed by atoms with Gasteiger partial charge in [0.15, 0.2) is 0 Å². The number of unbranched alkanes of at least 4 members (excludes halogenated alkanes) is 1. The number of carbonyl (C=O) groups is 2. The van der Waals surface area contributed by atoms with Gasteiger partial charge in [-0.25, -0.2) is 4.39 Å². The molecule has 1 aromatic rings. The molecule has 0 heterocycles. The number of nitrogens with zero attached hydrogens (tertiary/aromatic N) is 1. The van der Waals surface area contributed by atoms with E-state index < -0.39 is 12.1 Å². The average Bonchev–Trinajstić information content (AvgIpc) is 3.08. The highest BCUT2D eigenvalue weighted by molar-refractivity contribution is 7.99. The number of aliphatic hydroxyl groups excluding tert-OH is 1. The Morgan fingerprint density at radius 3 is 2.87 bits per heavy atom. The van der Waals surface area contributed by atoms with Gasteiger partial charge < -0.3 is 9.84 Å². The number of ether oxygens (including phenoxy) is 1. The molecule has 1 aromatic carbocycles. The maximum atomic E-state index is 13.7. The zero-order valence-electron chi connectivity index (χ0n) is 17.7. The van der Waals surface area contributed by atoms with Crippen LogP contribution in [0.1, 0.15) is 44.9 Å². The number of nitroso groups, excluding NO2 is 1. The molecular formula is C23H30FNO5S. The molecule has 1 saturated carbocycles. The van der Waals surface area contributed by atoms with Gasteiger partial charge in [0, 0.05) is 29.4 Å². The number of rotatable bonds is 13. The van der Waals surface area contributed by atoms with Crippen LogP contribution in [0.5, 0.6) is 0 Å². The van der Waals surface area contributed by atoms with Crippen molar-refractivity contribution in [2.75, 3.05) is 12.9 Å². The molecule has 31 heavy (non-hydrogen) atoms. The second-order valence-corrected chi connectivity index (χ2v) is 8.82. The Kier molecular flexibility index (Phi) is 10.9. The van der Waals surface area contributed by atoms with E-state index in [2.05, 4.69) is 9.91 Å². The summed E-state index contributed by atoms with van der Waals surface area (Å²) in [6.45, 7) is 0. The number of halogens is 1. The number of ketones is 1. The molecular weight excluding hydrogens is 421 g/mol. The number of benzene rings is 1. The molecule has 0 aliphatic heterocycles. The van der Waals surface area contributed by atoms with Crippen molar-refractivity contribution < 1.29 is 23.8 Å². The standard InChI is InChI=1S/C23H30FNO5S/c1-30-23(28)11-5-3-2-4-8-18-17(20(25-29)14-21(18)27)13-12-16(26)15-31-22-10-7-6-9-19(22)24/h2,4,6-7,9-10,16-18,20,26H,3,5,8,11-15H2,1H3/t16-,17-,18-,20?/m1/s1. The molecule has 4 atom stereocenters. The molecule has 1 fully saturated rings. The van der Waals surface area contributed by atoms with Gasteiger partial charge in [-0.05, 0) is 50.2 Å². The summed E-state index contributed by atoms with van der Waals surface area (Å²) >= 11 is 1.25. The highest BCUT2D eigenvalue weighted by Crippen LogP contribution is 2.37. The van der Waals surface area contributed by atoms with E-state index in [4.69, 9.17) is 0 Å². The molecule has 0 amide bonds. The SMILES string of the molecule is COC(=O)CCCC=CC[C@H]1C(=O)CC(N=O)[C@@H]1CC[C@@H](O)CSc1ccccc1F. The molecule has 170 valence electrons. The van der Waals surface area contributed by atoms with Crippen LogP contribution >= 0.6 is 11.8 Å². The van der Waals surface area contributed by atoms with E-state index in [1.54, 1.807) is 18.2 Å². The van der Waals surface area contributed by atoms with E-state index in [1.165, 1.54) is 24.9 Å². The summed E-state index contributed by atoms with van der Waals surface area (Å²) in [7, 11) is 1.36. The highest BCUT2D eigenvalue weighted by Gasteiger charge is 2.42. The Hall–Kier alpha value is -2.06. The molecule has 0 aromatic heterocycles. The first-order chi connectivity index (χ1) is 15.0. The summed E-state index contributed by atoms with van der Waals surface area (Å²) in [6.07, 6.45) is 6.54. The number of hydrogen-bond donors (Lipinski definition) is 1. The van der Waals surface area contributed by atoms with E-state index >= 15 is 0 Å². The quantitative estimate of drug-likeness (QED) is 0.154.